The predicted molar refractivity (Wildman–Crippen MR) is 116 cm³/mol. The number of carbonyl (C=O) groups is 2. The summed E-state index contributed by atoms with van der Waals surface area (Å²) >= 11 is 0. The van der Waals surface area contributed by atoms with E-state index in [2.05, 4.69) is 0 Å². The van der Waals surface area contributed by atoms with Crippen molar-refractivity contribution >= 4 is 23.5 Å². The molecular formula is C24H20F3N3O4. The number of esters is 2. The number of amidine groups is 1. The highest BCUT2D eigenvalue weighted by Gasteiger charge is 2.47. The maximum Gasteiger partial charge on any atom is 0.416 e. The number of ether oxygens (including phenoxy) is 2. The van der Waals surface area contributed by atoms with Gasteiger partial charge in [-0.3, -0.25) is 10.2 Å². The van der Waals surface area contributed by atoms with Crippen LogP contribution in [0.25, 0.3) is 0 Å². The normalized spacial score (nSPS) is 18.4. The summed E-state index contributed by atoms with van der Waals surface area (Å²) < 4.78 is 49.9. The van der Waals surface area contributed by atoms with Crippen molar-refractivity contribution in [3.05, 3.63) is 76.5 Å². The molecule has 10 heteroatoms. The molecule has 0 bridgehead atoms. The molecule has 0 aromatic heterocycles. The van der Waals surface area contributed by atoms with Gasteiger partial charge in [0.25, 0.3) is 0 Å². The average molecular weight is 471 g/mol. The third kappa shape index (κ3) is 4.37. The molecule has 2 atom stereocenters. The Kier molecular flexibility index (Phi) is 6.77. The Morgan fingerprint density at radius 2 is 1.74 bits per heavy atom. The maximum atomic E-state index is 13.3. The van der Waals surface area contributed by atoms with E-state index in [-0.39, 0.29) is 22.8 Å². The molecule has 0 amide bonds. The number of nitrogens with zero attached hydrogens (tertiary/aromatic N) is 2. The first kappa shape index (κ1) is 24.5. The van der Waals surface area contributed by atoms with Gasteiger partial charge < -0.3 is 14.4 Å². The number of benzene rings is 2. The van der Waals surface area contributed by atoms with E-state index in [0.29, 0.717) is 11.1 Å². The van der Waals surface area contributed by atoms with Crippen molar-refractivity contribution in [2.24, 2.45) is 5.92 Å². The van der Waals surface area contributed by atoms with Gasteiger partial charge in [-0.05, 0) is 42.8 Å². The third-order valence-corrected chi connectivity index (χ3v) is 5.60. The van der Waals surface area contributed by atoms with Crippen molar-refractivity contribution in [3.63, 3.8) is 0 Å². The van der Waals surface area contributed by atoms with Gasteiger partial charge >= 0.3 is 18.1 Å². The lowest BCUT2D eigenvalue weighted by atomic mass is 9.75. The number of methoxy groups -OCH3 is 2. The van der Waals surface area contributed by atoms with Gasteiger partial charge in [0.1, 0.15) is 11.8 Å². The molecule has 1 aliphatic rings. The van der Waals surface area contributed by atoms with Crippen LogP contribution in [0.1, 0.15) is 29.5 Å². The zero-order valence-corrected chi connectivity index (χ0v) is 18.4. The number of nitrogens with one attached hydrogen (secondary N) is 1. The molecule has 7 nitrogen and oxygen atoms in total. The first-order valence-corrected chi connectivity index (χ1v) is 9.98. The van der Waals surface area contributed by atoms with Gasteiger partial charge in [0, 0.05) is 17.3 Å². The summed E-state index contributed by atoms with van der Waals surface area (Å²) in [6, 6.07) is 12.3. The molecule has 0 spiro atoms. The van der Waals surface area contributed by atoms with Crippen molar-refractivity contribution in [2.75, 3.05) is 19.1 Å². The molecule has 2 aromatic carbocycles. The van der Waals surface area contributed by atoms with Crippen LogP contribution in [0.2, 0.25) is 0 Å². The van der Waals surface area contributed by atoms with E-state index < -0.39 is 35.5 Å². The van der Waals surface area contributed by atoms with Gasteiger partial charge in [0.2, 0.25) is 0 Å². The van der Waals surface area contributed by atoms with Crippen molar-refractivity contribution in [1.29, 1.82) is 10.7 Å². The lowest BCUT2D eigenvalue weighted by Crippen LogP contribution is -2.48. The second kappa shape index (κ2) is 9.39. The summed E-state index contributed by atoms with van der Waals surface area (Å²) in [5.41, 5.74) is -0.112. The van der Waals surface area contributed by atoms with Crippen LogP contribution >= 0.6 is 0 Å². The number of anilines is 1. The standard InChI is InChI=1S/C24H20F3N3O4/c1-13-18(22(31)33-2)19(15-9-7-14(12-28)8-10-15)20(23(32)34-3)21(29)30(13)17-6-4-5-16(11-17)24(25,26)27/h4-11,19-20,29H,1-3H3. The summed E-state index contributed by atoms with van der Waals surface area (Å²) in [6.07, 6.45) is -4.64. The van der Waals surface area contributed by atoms with Gasteiger partial charge in [-0.1, -0.05) is 18.2 Å². The molecule has 2 unspecified atom stereocenters. The zero-order chi connectivity index (χ0) is 25.2. The SMILES string of the molecule is COC(=O)C1=C(C)N(c2cccc(C(F)(F)F)c2)C(=N)C(C(=O)OC)C1c1ccc(C#N)cc1. The van der Waals surface area contributed by atoms with Crippen LogP contribution in [-0.2, 0) is 25.2 Å². The van der Waals surface area contributed by atoms with E-state index in [1.54, 1.807) is 12.1 Å². The quantitative estimate of drug-likeness (QED) is 0.664. The second-order valence-corrected chi connectivity index (χ2v) is 7.47. The van der Waals surface area contributed by atoms with Crippen LogP contribution < -0.4 is 4.90 Å². The summed E-state index contributed by atoms with van der Waals surface area (Å²) in [4.78, 5) is 26.9. The highest BCUT2D eigenvalue weighted by atomic mass is 19.4. The van der Waals surface area contributed by atoms with Crippen LogP contribution in [0.4, 0.5) is 18.9 Å². The minimum absolute atomic E-state index is 0.0176. The summed E-state index contributed by atoms with van der Waals surface area (Å²) in [5.74, 6) is -4.44. The number of hydrogen-bond donors (Lipinski definition) is 1. The van der Waals surface area contributed by atoms with Crippen LogP contribution in [0.15, 0.2) is 59.8 Å². The molecule has 3 rings (SSSR count). The van der Waals surface area contributed by atoms with E-state index in [1.165, 1.54) is 31.2 Å². The van der Waals surface area contributed by atoms with Crippen molar-refractivity contribution in [3.8, 4) is 6.07 Å². The monoisotopic (exact) mass is 471 g/mol. The fraction of sp³-hybridized carbons (Fsp3) is 0.250. The molecule has 0 radical (unpaired) electrons. The van der Waals surface area contributed by atoms with Gasteiger partial charge in [0.05, 0.1) is 37.0 Å². The van der Waals surface area contributed by atoms with E-state index >= 15 is 0 Å². The Morgan fingerprint density at radius 1 is 1.09 bits per heavy atom. The molecule has 0 aliphatic carbocycles. The smallest absolute Gasteiger partial charge is 0.416 e. The van der Waals surface area contributed by atoms with E-state index in [4.69, 9.17) is 20.1 Å². The van der Waals surface area contributed by atoms with E-state index in [1.807, 2.05) is 6.07 Å². The molecule has 176 valence electrons. The van der Waals surface area contributed by atoms with Gasteiger partial charge in [-0.25, -0.2) is 4.79 Å². The Balaban J connectivity index is 2.30. The lowest BCUT2D eigenvalue weighted by Gasteiger charge is -2.40. The number of alkyl halides is 3. The van der Waals surface area contributed by atoms with E-state index in [9.17, 15) is 22.8 Å². The highest BCUT2D eigenvalue weighted by Crippen LogP contribution is 2.44. The minimum atomic E-state index is -4.64. The van der Waals surface area contributed by atoms with Crippen LogP contribution in [0, 0.1) is 22.7 Å². The van der Waals surface area contributed by atoms with Gasteiger partial charge in [0.15, 0.2) is 0 Å². The molecule has 1 aliphatic heterocycles. The number of nitriles is 1. The minimum Gasteiger partial charge on any atom is -0.468 e. The Labute approximate surface area is 193 Å². The predicted octanol–water partition coefficient (Wildman–Crippen LogP) is 4.39. The fourth-order valence-electron chi connectivity index (χ4n) is 4.03. The Bertz CT molecular complexity index is 1210. The highest BCUT2D eigenvalue weighted by molar-refractivity contribution is 6.14. The van der Waals surface area contributed by atoms with Crippen LogP contribution in [0.5, 0.6) is 0 Å². The van der Waals surface area contributed by atoms with Crippen LogP contribution in [0.3, 0.4) is 0 Å². The van der Waals surface area contributed by atoms with E-state index in [0.717, 1.165) is 31.3 Å². The number of carbonyl (C=O) groups excluding carboxylic acids is 2. The van der Waals surface area contributed by atoms with Crippen molar-refractivity contribution in [1.82, 2.24) is 0 Å². The first-order chi connectivity index (χ1) is 16.0. The molecule has 2 aromatic rings. The zero-order valence-electron chi connectivity index (χ0n) is 18.4. The number of hydrogen-bond acceptors (Lipinski definition) is 6. The van der Waals surface area contributed by atoms with Gasteiger partial charge in [-0.2, -0.15) is 18.4 Å². The van der Waals surface area contributed by atoms with Crippen molar-refractivity contribution in [2.45, 2.75) is 19.0 Å². The second-order valence-electron chi connectivity index (χ2n) is 7.47. The topological polar surface area (TPSA) is 103 Å². The average Bonchev–Trinajstić information content (AvgIpc) is 2.82. The molecule has 1 heterocycles. The van der Waals surface area contributed by atoms with Crippen LogP contribution in [-0.4, -0.2) is 32.0 Å². The molecule has 0 fully saturated rings. The fourth-order valence-corrected chi connectivity index (χ4v) is 4.03. The third-order valence-electron chi connectivity index (χ3n) is 5.60. The molecule has 1 N–H and O–H groups in total. The lowest BCUT2D eigenvalue weighted by molar-refractivity contribution is -0.144. The summed E-state index contributed by atoms with van der Waals surface area (Å²) in [6.45, 7) is 1.46. The van der Waals surface area contributed by atoms with Gasteiger partial charge in [-0.15, -0.1) is 0 Å². The number of allylic oxidation sites excluding steroid dienone is 1. The maximum absolute atomic E-state index is 13.3. The summed E-state index contributed by atoms with van der Waals surface area (Å²) in [7, 11) is 2.25. The molecule has 0 saturated carbocycles. The molecular weight excluding hydrogens is 451 g/mol. The Morgan fingerprint density at radius 3 is 2.26 bits per heavy atom. The molecule has 0 saturated heterocycles. The number of rotatable bonds is 4. The summed E-state index contributed by atoms with van der Waals surface area (Å²) in [5, 5.41) is 17.9. The molecule has 34 heavy (non-hydrogen) atoms. The Hall–Kier alpha value is -4.13. The van der Waals surface area contributed by atoms with Crippen molar-refractivity contribution < 1.29 is 32.2 Å². The number of halogens is 3. The first-order valence-electron chi connectivity index (χ1n) is 9.98. The largest absolute Gasteiger partial charge is 0.468 e.